The molecule has 0 rings (SSSR count). The molecule has 0 aromatic heterocycles. The van der Waals surface area contributed by atoms with E-state index >= 15 is 0 Å². The molecule has 0 radical (unpaired) electrons. The zero-order valence-electron chi connectivity index (χ0n) is 4.55. The molecule has 0 bridgehead atoms. The van der Waals surface area contributed by atoms with Crippen LogP contribution in [0.25, 0.3) is 0 Å². The van der Waals surface area contributed by atoms with Gasteiger partial charge in [0, 0.05) is 0 Å². The minimum Gasteiger partial charge on any atom is -0.0935 e. The third kappa shape index (κ3) is 5.83. The lowest BCUT2D eigenvalue weighted by Gasteiger charge is -1.78. The molecule has 0 unspecified atom stereocenters. The Labute approximate surface area is 50.2 Å². The number of hydrogen-bond acceptors (Lipinski definition) is 1. The smallest absolute Gasteiger partial charge is 0.0207 e. The molecule has 0 aliphatic rings. The van der Waals surface area contributed by atoms with Gasteiger partial charge in [-0.15, -0.1) is 0 Å². The van der Waals surface area contributed by atoms with E-state index in [1.165, 1.54) is 0 Å². The minimum atomic E-state index is 1.03. The van der Waals surface area contributed by atoms with Gasteiger partial charge in [-0.2, -0.15) is 0 Å². The summed E-state index contributed by atoms with van der Waals surface area (Å²) in [4.78, 5) is 0. The second-order valence-corrected chi connectivity index (χ2v) is 1.65. The maximum absolute atomic E-state index is 4.61. The van der Waals surface area contributed by atoms with E-state index in [1.807, 2.05) is 13.0 Å². The quantitative estimate of drug-likeness (QED) is 0.308. The van der Waals surface area contributed by atoms with Crippen LogP contribution < -0.4 is 0 Å². The maximum atomic E-state index is 4.61. The zero-order chi connectivity index (χ0) is 5.54. The predicted octanol–water partition coefficient (Wildman–Crippen LogP) is 2.34. The van der Waals surface area contributed by atoms with E-state index in [-0.39, 0.29) is 0 Å². The van der Waals surface area contributed by atoms with Gasteiger partial charge in [0.15, 0.2) is 0 Å². The molecule has 7 heavy (non-hydrogen) atoms. The highest BCUT2D eigenvalue weighted by Gasteiger charge is 1.69. The summed E-state index contributed by atoms with van der Waals surface area (Å²) in [5.41, 5.74) is 0. The molecule has 0 fully saturated rings. The largest absolute Gasteiger partial charge is 0.0935 e. The van der Waals surface area contributed by atoms with Crippen molar-refractivity contribution in [2.45, 2.75) is 19.8 Å². The summed E-state index contributed by atoms with van der Waals surface area (Å²) >= 11 is 4.61. The molecule has 0 N–H and O–H groups in total. The van der Waals surface area contributed by atoms with Gasteiger partial charge < -0.3 is 0 Å². The van der Waals surface area contributed by atoms with Crippen LogP contribution in [0.1, 0.15) is 19.8 Å². The van der Waals surface area contributed by atoms with Crippen molar-refractivity contribution in [1.82, 2.24) is 0 Å². The lowest BCUT2D eigenvalue weighted by Crippen LogP contribution is -1.65. The molecule has 0 amide bonds. The van der Waals surface area contributed by atoms with E-state index < -0.39 is 0 Å². The third-order valence-electron chi connectivity index (χ3n) is 0.687. The molecule has 0 saturated carbocycles. The molecule has 1 heteroatoms. The van der Waals surface area contributed by atoms with Crippen molar-refractivity contribution >= 4 is 17.6 Å². The Morgan fingerprint density at radius 2 is 2.14 bits per heavy atom. The van der Waals surface area contributed by atoms with Crippen molar-refractivity contribution in [3.63, 3.8) is 0 Å². The maximum Gasteiger partial charge on any atom is -0.0207 e. The minimum absolute atomic E-state index is 1.03. The lowest BCUT2D eigenvalue weighted by molar-refractivity contribution is 1.13. The van der Waals surface area contributed by atoms with Gasteiger partial charge in [-0.05, 0) is 25.1 Å². The van der Waals surface area contributed by atoms with Crippen LogP contribution in [-0.2, 0) is 0 Å². The first-order chi connectivity index (χ1) is 3.41. The Hall–Kier alpha value is -0.170. The van der Waals surface area contributed by atoms with E-state index in [4.69, 9.17) is 0 Å². The standard InChI is InChI=1S/C6H10S/c1-2-3-4-5-6-7/h2-3,6H,4-5H2,1H3/b3-2+. The second-order valence-electron chi connectivity index (χ2n) is 1.31. The van der Waals surface area contributed by atoms with Crippen LogP contribution in [0.2, 0.25) is 0 Å². The van der Waals surface area contributed by atoms with Crippen LogP contribution >= 0.6 is 12.2 Å². The van der Waals surface area contributed by atoms with E-state index in [9.17, 15) is 0 Å². The summed E-state index contributed by atoms with van der Waals surface area (Å²) in [5, 5.41) is 1.76. The first-order valence-electron chi connectivity index (χ1n) is 2.46. The molecule has 0 atom stereocenters. The molecular formula is C6H10S. The number of allylic oxidation sites excluding steroid dienone is 2. The predicted molar refractivity (Wildman–Crippen MR) is 37.7 cm³/mol. The van der Waals surface area contributed by atoms with Crippen molar-refractivity contribution in [3.8, 4) is 0 Å². The second kappa shape index (κ2) is 5.83. The van der Waals surface area contributed by atoms with Crippen molar-refractivity contribution in [3.05, 3.63) is 12.2 Å². The first kappa shape index (κ1) is 6.83. The Balaban J connectivity index is 2.82. The Morgan fingerprint density at radius 3 is 2.57 bits per heavy atom. The monoisotopic (exact) mass is 114 g/mol. The highest BCUT2D eigenvalue weighted by Crippen LogP contribution is 1.85. The number of rotatable bonds is 3. The number of hydrogen-bond donors (Lipinski definition) is 0. The van der Waals surface area contributed by atoms with E-state index in [0.717, 1.165) is 12.8 Å². The Morgan fingerprint density at radius 1 is 1.43 bits per heavy atom. The Bertz CT molecular complexity index is 64.6. The van der Waals surface area contributed by atoms with Gasteiger partial charge >= 0.3 is 0 Å². The highest BCUT2D eigenvalue weighted by atomic mass is 32.1. The van der Waals surface area contributed by atoms with E-state index in [0.29, 0.717) is 0 Å². The van der Waals surface area contributed by atoms with Crippen LogP contribution in [-0.4, -0.2) is 5.37 Å². The van der Waals surface area contributed by atoms with Gasteiger partial charge in [-0.25, -0.2) is 0 Å². The average molecular weight is 114 g/mol. The molecule has 0 aliphatic carbocycles. The van der Waals surface area contributed by atoms with Gasteiger partial charge in [0.25, 0.3) is 0 Å². The molecule has 0 saturated heterocycles. The first-order valence-corrected chi connectivity index (χ1v) is 2.93. The summed E-state index contributed by atoms with van der Waals surface area (Å²) < 4.78 is 0. The Kier molecular flexibility index (Phi) is 5.69. The van der Waals surface area contributed by atoms with Gasteiger partial charge in [-0.1, -0.05) is 24.4 Å². The molecule has 0 aromatic rings. The van der Waals surface area contributed by atoms with Crippen LogP contribution in [0, 0.1) is 0 Å². The third-order valence-corrected chi connectivity index (χ3v) is 0.923. The molecule has 0 aromatic carbocycles. The lowest BCUT2D eigenvalue weighted by atomic mass is 10.3. The zero-order valence-corrected chi connectivity index (χ0v) is 5.37. The fourth-order valence-electron chi connectivity index (χ4n) is 0.331. The normalized spacial score (nSPS) is 9.86. The fourth-order valence-corrected chi connectivity index (χ4v) is 0.467. The van der Waals surface area contributed by atoms with E-state index in [2.05, 4.69) is 18.3 Å². The molecule has 40 valence electrons. The summed E-state index contributed by atoms with van der Waals surface area (Å²) in [6.45, 7) is 2.02. The van der Waals surface area contributed by atoms with E-state index in [1.54, 1.807) is 5.37 Å². The van der Waals surface area contributed by atoms with Gasteiger partial charge in [0.2, 0.25) is 0 Å². The molecule has 0 heterocycles. The van der Waals surface area contributed by atoms with Crippen LogP contribution in [0.3, 0.4) is 0 Å². The molecular weight excluding hydrogens is 104 g/mol. The number of thiocarbonyl (C=S) groups is 1. The number of unbranched alkanes of at least 4 members (excludes halogenated alkanes) is 1. The van der Waals surface area contributed by atoms with Gasteiger partial charge in [0.05, 0.1) is 0 Å². The molecule has 0 nitrogen and oxygen atoms in total. The summed E-state index contributed by atoms with van der Waals surface area (Å²) in [7, 11) is 0. The van der Waals surface area contributed by atoms with Crippen LogP contribution in [0.15, 0.2) is 12.2 Å². The van der Waals surface area contributed by atoms with Crippen LogP contribution in [0.4, 0.5) is 0 Å². The van der Waals surface area contributed by atoms with Gasteiger partial charge in [-0.3, -0.25) is 0 Å². The van der Waals surface area contributed by atoms with Crippen molar-refractivity contribution in [2.75, 3.05) is 0 Å². The highest BCUT2D eigenvalue weighted by molar-refractivity contribution is 7.78. The van der Waals surface area contributed by atoms with Crippen LogP contribution in [0.5, 0.6) is 0 Å². The fraction of sp³-hybridized carbons (Fsp3) is 0.500. The van der Waals surface area contributed by atoms with Crippen molar-refractivity contribution in [1.29, 1.82) is 0 Å². The average Bonchev–Trinajstić information content (AvgIpc) is 1.69. The van der Waals surface area contributed by atoms with Crippen molar-refractivity contribution in [2.24, 2.45) is 0 Å². The molecule has 0 spiro atoms. The summed E-state index contributed by atoms with van der Waals surface area (Å²) in [6.07, 6.45) is 6.28. The molecule has 0 aliphatic heterocycles. The van der Waals surface area contributed by atoms with Crippen molar-refractivity contribution < 1.29 is 0 Å². The SMILES string of the molecule is C/C=C/CCC=S. The summed E-state index contributed by atoms with van der Waals surface area (Å²) in [5.74, 6) is 0. The summed E-state index contributed by atoms with van der Waals surface area (Å²) in [6, 6.07) is 0. The topological polar surface area (TPSA) is 0 Å². The van der Waals surface area contributed by atoms with Gasteiger partial charge in [0.1, 0.15) is 0 Å².